The van der Waals surface area contributed by atoms with E-state index in [1.165, 1.54) is 6.07 Å². The standard InChI is InChI=1S/C16H15FN2S/c1-11-7-12(3-4-14(11)17)13-8-16-15(18-9-13)5-6-19(16)10-20-2/h3-9H,10H2,1-2H3. The first-order valence-corrected chi connectivity index (χ1v) is 7.79. The lowest BCUT2D eigenvalue weighted by Gasteiger charge is -2.06. The van der Waals surface area contributed by atoms with E-state index in [0.29, 0.717) is 5.56 Å². The van der Waals surface area contributed by atoms with E-state index in [9.17, 15) is 4.39 Å². The Bertz CT molecular complexity index is 764. The van der Waals surface area contributed by atoms with Crippen LogP contribution in [0.25, 0.3) is 22.2 Å². The maximum atomic E-state index is 13.4. The SMILES string of the molecule is CSCn1ccc2ncc(-c3ccc(F)c(C)c3)cc21. The molecule has 0 N–H and O–H groups in total. The molecule has 0 aliphatic heterocycles. The van der Waals surface area contributed by atoms with Gasteiger partial charge >= 0.3 is 0 Å². The first-order chi connectivity index (χ1) is 9.69. The zero-order valence-electron chi connectivity index (χ0n) is 11.4. The molecule has 0 unspecified atom stereocenters. The van der Waals surface area contributed by atoms with Gasteiger partial charge in [0.05, 0.1) is 16.9 Å². The molecule has 0 amide bonds. The number of pyridine rings is 1. The van der Waals surface area contributed by atoms with Gasteiger partial charge in [-0.25, -0.2) is 4.39 Å². The van der Waals surface area contributed by atoms with Gasteiger partial charge in [0, 0.05) is 18.0 Å². The largest absolute Gasteiger partial charge is 0.336 e. The van der Waals surface area contributed by atoms with Crippen molar-refractivity contribution in [2.75, 3.05) is 6.26 Å². The maximum absolute atomic E-state index is 13.4. The second-order valence-electron chi connectivity index (χ2n) is 4.80. The van der Waals surface area contributed by atoms with Crippen LogP contribution in [-0.4, -0.2) is 15.8 Å². The van der Waals surface area contributed by atoms with Gasteiger partial charge in [0.1, 0.15) is 5.82 Å². The van der Waals surface area contributed by atoms with Crippen molar-refractivity contribution in [3.8, 4) is 11.1 Å². The van der Waals surface area contributed by atoms with Crippen LogP contribution in [0.3, 0.4) is 0 Å². The zero-order valence-corrected chi connectivity index (χ0v) is 12.2. The molecule has 0 bridgehead atoms. The third-order valence-electron chi connectivity index (χ3n) is 3.38. The summed E-state index contributed by atoms with van der Waals surface area (Å²) in [7, 11) is 0. The van der Waals surface area contributed by atoms with E-state index >= 15 is 0 Å². The number of aromatic nitrogens is 2. The molecule has 3 rings (SSSR count). The molecule has 0 atom stereocenters. The van der Waals surface area contributed by atoms with Crippen LogP contribution in [-0.2, 0) is 5.88 Å². The maximum Gasteiger partial charge on any atom is 0.126 e. The van der Waals surface area contributed by atoms with Gasteiger partial charge in [0.2, 0.25) is 0 Å². The number of fused-ring (bicyclic) bond motifs is 1. The predicted octanol–water partition coefficient (Wildman–Crippen LogP) is 4.47. The number of benzene rings is 1. The highest BCUT2D eigenvalue weighted by Crippen LogP contribution is 2.25. The van der Waals surface area contributed by atoms with E-state index in [0.717, 1.165) is 28.0 Å². The normalized spacial score (nSPS) is 11.2. The van der Waals surface area contributed by atoms with Crippen LogP contribution >= 0.6 is 11.8 Å². The van der Waals surface area contributed by atoms with Gasteiger partial charge in [-0.2, -0.15) is 0 Å². The Hall–Kier alpha value is -1.81. The Kier molecular flexibility index (Phi) is 3.49. The smallest absolute Gasteiger partial charge is 0.126 e. The number of thioether (sulfide) groups is 1. The van der Waals surface area contributed by atoms with Gasteiger partial charge in [0.15, 0.2) is 0 Å². The van der Waals surface area contributed by atoms with Crippen molar-refractivity contribution < 1.29 is 4.39 Å². The van der Waals surface area contributed by atoms with Crippen LogP contribution in [0.15, 0.2) is 42.7 Å². The highest BCUT2D eigenvalue weighted by Gasteiger charge is 2.06. The lowest BCUT2D eigenvalue weighted by molar-refractivity contribution is 0.619. The molecule has 1 aromatic carbocycles. The summed E-state index contributed by atoms with van der Waals surface area (Å²) in [5.74, 6) is 0.727. The number of nitrogens with zero attached hydrogens (tertiary/aromatic N) is 2. The summed E-state index contributed by atoms with van der Waals surface area (Å²) in [6.07, 6.45) is 5.97. The molecule has 3 aromatic rings. The van der Waals surface area contributed by atoms with Crippen molar-refractivity contribution in [2.45, 2.75) is 12.8 Å². The van der Waals surface area contributed by atoms with Crippen molar-refractivity contribution in [1.82, 2.24) is 9.55 Å². The first-order valence-electron chi connectivity index (χ1n) is 6.39. The number of aryl methyl sites for hydroxylation is 1. The highest BCUT2D eigenvalue weighted by atomic mass is 32.2. The molecule has 0 saturated carbocycles. The lowest BCUT2D eigenvalue weighted by Crippen LogP contribution is -1.92. The van der Waals surface area contributed by atoms with Crippen LogP contribution in [0.5, 0.6) is 0 Å². The van der Waals surface area contributed by atoms with Crippen molar-refractivity contribution in [3.63, 3.8) is 0 Å². The fourth-order valence-corrected chi connectivity index (χ4v) is 2.80. The molecule has 0 radical (unpaired) electrons. The molecular weight excluding hydrogens is 271 g/mol. The van der Waals surface area contributed by atoms with E-state index in [2.05, 4.69) is 21.9 Å². The van der Waals surface area contributed by atoms with E-state index in [1.807, 2.05) is 24.5 Å². The minimum absolute atomic E-state index is 0.173. The van der Waals surface area contributed by atoms with Gasteiger partial charge in [-0.05, 0) is 48.6 Å². The fraction of sp³-hybridized carbons (Fsp3) is 0.188. The lowest BCUT2D eigenvalue weighted by atomic mass is 10.0. The summed E-state index contributed by atoms with van der Waals surface area (Å²) >= 11 is 1.77. The molecule has 102 valence electrons. The molecule has 2 aromatic heterocycles. The van der Waals surface area contributed by atoms with Gasteiger partial charge in [-0.1, -0.05) is 6.07 Å². The number of rotatable bonds is 3. The number of halogens is 1. The molecule has 0 aliphatic carbocycles. The average Bonchev–Trinajstić information content (AvgIpc) is 2.85. The second-order valence-corrected chi connectivity index (χ2v) is 5.63. The minimum Gasteiger partial charge on any atom is -0.336 e. The van der Waals surface area contributed by atoms with Crippen LogP contribution in [0.2, 0.25) is 0 Å². The molecule has 0 saturated heterocycles. The average molecular weight is 286 g/mol. The molecule has 4 heteroatoms. The number of hydrogen-bond donors (Lipinski definition) is 0. The Morgan fingerprint density at radius 3 is 2.80 bits per heavy atom. The quantitative estimate of drug-likeness (QED) is 0.707. The summed E-state index contributed by atoms with van der Waals surface area (Å²) in [6.45, 7) is 1.78. The van der Waals surface area contributed by atoms with Crippen LogP contribution in [0, 0.1) is 12.7 Å². The molecule has 20 heavy (non-hydrogen) atoms. The molecule has 0 spiro atoms. The summed E-state index contributed by atoms with van der Waals surface area (Å²) < 4.78 is 15.5. The summed E-state index contributed by atoms with van der Waals surface area (Å²) in [4.78, 5) is 4.49. The second kappa shape index (κ2) is 5.29. The Morgan fingerprint density at radius 2 is 2.05 bits per heavy atom. The van der Waals surface area contributed by atoms with Crippen molar-refractivity contribution in [1.29, 1.82) is 0 Å². The van der Waals surface area contributed by atoms with E-state index in [1.54, 1.807) is 24.8 Å². The molecule has 2 nitrogen and oxygen atoms in total. The van der Waals surface area contributed by atoms with Crippen LogP contribution in [0.1, 0.15) is 5.56 Å². The van der Waals surface area contributed by atoms with Gasteiger partial charge < -0.3 is 4.57 Å². The van der Waals surface area contributed by atoms with Gasteiger partial charge in [0.25, 0.3) is 0 Å². The molecular formula is C16H15FN2S. The number of hydrogen-bond acceptors (Lipinski definition) is 2. The van der Waals surface area contributed by atoms with Crippen molar-refractivity contribution in [3.05, 3.63) is 54.1 Å². The van der Waals surface area contributed by atoms with Crippen LogP contribution < -0.4 is 0 Å². The van der Waals surface area contributed by atoms with Gasteiger partial charge in [-0.15, -0.1) is 11.8 Å². The van der Waals surface area contributed by atoms with E-state index in [4.69, 9.17) is 0 Å². The van der Waals surface area contributed by atoms with Crippen molar-refractivity contribution in [2.24, 2.45) is 0 Å². The minimum atomic E-state index is -0.173. The Labute approximate surface area is 121 Å². The molecule has 0 aliphatic rings. The monoisotopic (exact) mass is 286 g/mol. The van der Waals surface area contributed by atoms with Gasteiger partial charge in [-0.3, -0.25) is 4.98 Å². The van der Waals surface area contributed by atoms with Crippen LogP contribution in [0.4, 0.5) is 4.39 Å². The Morgan fingerprint density at radius 1 is 1.20 bits per heavy atom. The van der Waals surface area contributed by atoms with E-state index < -0.39 is 0 Å². The summed E-state index contributed by atoms with van der Waals surface area (Å²) in [5.41, 5.74) is 4.76. The third-order valence-corrected chi connectivity index (χ3v) is 3.91. The fourth-order valence-electron chi connectivity index (χ4n) is 2.30. The summed E-state index contributed by atoms with van der Waals surface area (Å²) in [5, 5.41) is 0. The Balaban J connectivity index is 2.11. The molecule has 0 fully saturated rings. The highest BCUT2D eigenvalue weighted by molar-refractivity contribution is 7.97. The first kappa shape index (κ1) is 13.2. The third kappa shape index (κ3) is 2.31. The van der Waals surface area contributed by atoms with Crippen molar-refractivity contribution >= 4 is 22.8 Å². The molecule has 2 heterocycles. The zero-order chi connectivity index (χ0) is 14.1. The summed E-state index contributed by atoms with van der Waals surface area (Å²) in [6, 6.07) is 9.30. The topological polar surface area (TPSA) is 17.8 Å². The van der Waals surface area contributed by atoms with E-state index in [-0.39, 0.29) is 5.82 Å². The predicted molar refractivity (Wildman–Crippen MR) is 83.4 cm³/mol.